The fourth-order valence-corrected chi connectivity index (χ4v) is 0. The molecule has 36 valence electrons. The molecule has 0 aliphatic rings. The number of rotatable bonds is 0. The Morgan fingerprint density at radius 2 is 1.40 bits per heavy atom. The highest BCUT2D eigenvalue weighted by Crippen LogP contribution is 1.20. The SMILES string of the molecule is CCN.O.O. The fourth-order valence-electron chi connectivity index (χ4n) is 0. The zero-order chi connectivity index (χ0) is 2.71. The summed E-state index contributed by atoms with van der Waals surface area (Å²) in [4.78, 5) is 0. The van der Waals surface area contributed by atoms with Crippen molar-refractivity contribution >= 4 is 0 Å². The standard InChI is InChI=1S/C2H7N.2H2O/c1-2-3;;/h2-3H2,1H3;2*1H2. The van der Waals surface area contributed by atoms with Crippen LogP contribution in [0.3, 0.4) is 0 Å². The molecule has 5 heavy (non-hydrogen) atoms. The van der Waals surface area contributed by atoms with Gasteiger partial charge in [-0.05, 0) is 6.54 Å². The fraction of sp³-hybridized carbons (Fsp3) is 1.00. The Bertz CT molecular complexity index is 7.61. The van der Waals surface area contributed by atoms with Crippen LogP contribution < -0.4 is 5.73 Å². The average molecular weight is 81.1 g/mol. The Kier molecular flexibility index (Phi) is 173. The monoisotopic (exact) mass is 81.1 g/mol. The van der Waals surface area contributed by atoms with E-state index in [0.717, 1.165) is 6.54 Å². The molecule has 0 saturated heterocycles. The minimum absolute atomic E-state index is 0. The van der Waals surface area contributed by atoms with E-state index in [1.807, 2.05) is 6.92 Å². The molecular formula is C2H11NO2. The Hall–Kier alpha value is -0.120. The number of hydrogen-bond acceptors (Lipinski definition) is 1. The zero-order valence-corrected chi connectivity index (χ0v) is 3.28. The van der Waals surface area contributed by atoms with Gasteiger partial charge in [0, 0.05) is 0 Å². The molecule has 3 heteroatoms. The second-order valence-electron chi connectivity index (χ2n) is 0.408. The first-order valence-electron chi connectivity index (χ1n) is 1.12. The van der Waals surface area contributed by atoms with Crippen LogP contribution >= 0.6 is 0 Å². The smallest absolute Gasteiger partial charge is 0.0106 e. The Morgan fingerprint density at radius 1 is 1.40 bits per heavy atom. The van der Waals surface area contributed by atoms with Crippen molar-refractivity contribution in [2.75, 3.05) is 6.54 Å². The minimum Gasteiger partial charge on any atom is -0.412 e. The van der Waals surface area contributed by atoms with Crippen molar-refractivity contribution in [3.63, 3.8) is 0 Å². The zero-order valence-electron chi connectivity index (χ0n) is 3.28. The topological polar surface area (TPSA) is 89.0 Å². The van der Waals surface area contributed by atoms with Crippen LogP contribution in [0.1, 0.15) is 6.92 Å². The summed E-state index contributed by atoms with van der Waals surface area (Å²) < 4.78 is 0. The van der Waals surface area contributed by atoms with Crippen molar-refractivity contribution in [2.24, 2.45) is 5.73 Å². The van der Waals surface area contributed by atoms with Gasteiger partial charge in [0.15, 0.2) is 0 Å². The van der Waals surface area contributed by atoms with E-state index in [2.05, 4.69) is 0 Å². The molecule has 0 bridgehead atoms. The van der Waals surface area contributed by atoms with Crippen molar-refractivity contribution in [3.8, 4) is 0 Å². The maximum absolute atomic E-state index is 4.85. The van der Waals surface area contributed by atoms with Crippen LogP contribution in [0.15, 0.2) is 0 Å². The van der Waals surface area contributed by atoms with Crippen molar-refractivity contribution < 1.29 is 11.0 Å². The Balaban J connectivity index is -0.0000000200. The second-order valence-corrected chi connectivity index (χ2v) is 0.408. The van der Waals surface area contributed by atoms with Gasteiger partial charge in [-0.1, -0.05) is 6.92 Å². The molecule has 6 N–H and O–H groups in total. The predicted octanol–water partition coefficient (Wildman–Crippen LogP) is -1.68. The predicted molar refractivity (Wildman–Crippen MR) is 22.0 cm³/mol. The third-order valence-electron chi connectivity index (χ3n) is 0. The number of nitrogens with two attached hydrogens (primary N) is 1. The largest absolute Gasteiger partial charge is 0.412 e. The van der Waals surface area contributed by atoms with Gasteiger partial charge in [-0.25, -0.2) is 0 Å². The molecule has 0 spiro atoms. The summed E-state index contributed by atoms with van der Waals surface area (Å²) in [5.74, 6) is 0. The van der Waals surface area contributed by atoms with Crippen LogP contribution in [0.4, 0.5) is 0 Å². The molecule has 0 amide bonds. The second kappa shape index (κ2) is 41.6. The maximum atomic E-state index is 4.85. The van der Waals surface area contributed by atoms with E-state index in [1.54, 1.807) is 0 Å². The lowest BCUT2D eigenvalue weighted by Gasteiger charge is -1.53. The third kappa shape index (κ3) is 952. The quantitative estimate of drug-likeness (QED) is 0.370. The van der Waals surface area contributed by atoms with E-state index in [-0.39, 0.29) is 11.0 Å². The van der Waals surface area contributed by atoms with Crippen LogP contribution in [0, 0.1) is 0 Å². The summed E-state index contributed by atoms with van der Waals surface area (Å²) in [6.07, 6.45) is 0. The van der Waals surface area contributed by atoms with Gasteiger partial charge in [0.05, 0.1) is 0 Å². The molecule has 0 radical (unpaired) electrons. The Labute approximate surface area is 31.4 Å². The molecular weight excluding hydrogens is 70.0 g/mol. The summed E-state index contributed by atoms with van der Waals surface area (Å²) in [6.45, 7) is 2.65. The van der Waals surface area contributed by atoms with Crippen molar-refractivity contribution in [3.05, 3.63) is 0 Å². The van der Waals surface area contributed by atoms with Gasteiger partial charge in [0.25, 0.3) is 0 Å². The molecule has 0 aliphatic heterocycles. The Morgan fingerprint density at radius 3 is 1.40 bits per heavy atom. The molecule has 0 aliphatic carbocycles. The van der Waals surface area contributed by atoms with Crippen LogP contribution in [0.2, 0.25) is 0 Å². The molecule has 0 heterocycles. The van der Waals surface area contributed by atoms with E-state index >= 15 is 0 Å². The maximum Gasteiger partial charge on any atom is -0.0106 e. The van der Waals surface area contributed by atoms with E-state index in [0.29, 0.717) is 0 Å². The van der Waals surface area contributed by atoms with Gasteiger partial charge in [-0.15, -0.1) is 0 Å². The van der Waals surface area contributed by atoms with Crippen LogP contribution in [0.25, 0.3) is 0 Å². The molecule has 0 aromatic rings. The van der Waals surface area contributed by atoms with E-state index < -0.39 is 0 Å². The normalized spacial score (nSPS) is 3.60. The summed E-state index contributed by atoms with van der Waals surface area (Å²) in [5.41, 5.74) is 4.85. The highest BCUT2D eigenvalue weighted by molar-refractivity contribution is 4.00. The van der Waals surface area contributed by atoms with Gasteiger partial charge in [-0.3, -0.25) is 0 Å². The van der Waals surface area contributed by atoms with E-state index in [9.17, 15) is 0 Å². The molecule has 3 nitrogen and oxygen atoms in total. The van der Waals surface area contributed by atoms with Gasteiger partial charge in [-0.2, -0.15) is 0 Å². The molecule has 0 saturated carbocycles. The molecule has 0 unspecified atom stereocenters. The van der Waals surface area contributed by atoms with Crippen LogP contribution in [0.5, 0.6) is 0 Å². The van der Waals surface area contributed by atoms with Crippen molar-refractivity contribution in [1.29, 1.82) is 0 Å². The lowest BCUT2D eigenvalue weighted by molar-refractivity contribution is 0.823. The molecule has 0 rings (SSSR count). The third-order valence-corrected chi connectivity index (χ3v) is 0. The highest BCUT2D eigenvalue weighted by atomic mass is 16.0. The summed E-state index contributed by atoms with van der Waals surface area (Å²) >= 11 is 0. The number of hydrogen-bond donors (Lipinski definition) is 1. The van der Waals surface area contributed by atoms with Gasteiger partial charge >= 0.3 is 0 Å². The van der Waals surface area contributed by atoms with E-state index in [4.69, 9.17) is 5.73 Å². The molecule has 0 aromatic carbocycles. The highest BCUT2D eigenvalue weighted by Gasteiger charge is 1.32. The lowest BCUT2D eigenvalue weighted by atomic mass is 10.8. The van der Waals surface area contributed by atoms with Gasteiger partial charge in [0.1, 0.15) is 0 Å². The minimum atomic E-state index is 0. The molecule has 0 atom stereocenters. The first-order valence-corrected chi connectivity index (χ1v) is 1.12. The summed E-state index contributed by atoms with van der Waals surface area (Å²) in [6, 6.07) is 0. The first-order chi connectivity index (χ1) is 1.41. The molecule has 0 fully saturated rings. The molecule has 0 aromatic heterocycles. The summed E-state index contributed by atoms with van der Waals surface area (Å²) in [7, 11) is 0. The van der Waals surface area contributed by atoms with Gasteiger partial charge < -0.3 is 16.7 Å². The van der Waals surface area contributed by atoms with Crippen molar-refractivity contribution in [2.45, 2.75) is 6.92 Å². The summed E-state index contributed by atoms with van der Waals surface area (Å²) in [5, 5.41) is 0. The van der Waals surface area contributed by atoms with Crippen LogP contribution in [-0.4, -0.2) is 17.5 Å². The first kappa shape index (κ1) is 20.8. The lowest BCUT2D eigenvalue weighted by Crippen LogP contribution is -1.87. The average Bonchev–Trinajstić information content (AvgIpc) is 0.918. The van der Waals surface area contributed by atoms with Crippen LogP contribution in [-0.2, 0) is 0 Å². The van der Waals surface area contributed by atoms with Gasteiger partial charge in [0.2, 0.25) is 0 Å². The van der Waals surface area contributed by atoms with Crippen molar-refractivity contribution in [1.82, 2.24) is 0 Å². The van der Waals surface area contributed by atoms with E-state index in [1.165, 1.54) is 0 Å².